The predicted molar refractivity (Wildman–Crippen MR) is 133 cm³/mol. The fraction of sp³-hybridized carbons (Fsp3) is 0.143. The highest BCUT2D eigenvalue weighted by Gasteiger charge is 2.11. The van der Waals surface area contributed by atoms with Crippen LogP contribution in [0.5, 0.6) is 11.6 Å². The molecule has 0 aliphatic rings. The molecule has 5 heteroatoms. The molecule has 1 heterocycles. The first-order chi connectivity index (χ1) is 16.2. The van der Waals surface area contributed by atoms with Crippen molar-refractivity contribution in [3.63, 3.8) is 0 Å². The Morgan fingerprint density at radius 2 is 1.82 bits per heavy atom. The number of aromatic nitrogens is 2. The van der Waals surface area contributed by atoms with E-state index in [1.54, 1.807) is 18.2 Å². The van der Waals surface area contributed by atoms with E-state index in [0.29, 0.717) is 41.1 Å². The van der Waals surface area contributed by atoms with Gasteiger partial charge in [0.25, 0.3) is 5.88 Å². The van der Waals surface area contributed by atoms with E-state index in [1.807, 2.05) is 60.7 Å². The zero-order chi connectivity index (χ0) is 23.3. The Morgan fingerprint density at radius 1 is 1.03 bits per heavy atom. The van der Waals surface area contributed by atoms with E-state index in [1.165, 1.54) is 0 Å². The lowest BCUT2D eigenvalue weighted by atomic mass is 10.2. The van der Waals surface area contributed by atoms with Gasteiger partial charge in [0.1, 0.15) is 18.9 Å². The van der Waals surface area contributed by atoms with Crippen LogP contribution in [0.3, 0.4) is 0 Å². The Morgan fingerprint density at radius 3 is 2.58 bits per heavy atom. The average molecular weight is 457 g/mol. The first-order valence-corrected chi connectivity index (χ1v) is 11.0. The summed E-state index contributed by atoms with van der Waals surface area (Å²) < 4.78 is 12.0. The topological polar surface area (TPSA) is 44.2 Å². The molecule has 0 amide bonds. The zero-order valence-electron chi connectivity index (χ0n) is 18.5. The first kappa shape index (κ1) is 23.8. The Labute approximate surface area is 200 Å². The highest BCUT2D eigenvalue weighted by atomic mass is 35.5. The summed E-state index contributed by atoms with van der Waals surface area (Å²) in [5.41, 5.74) is 3.16. The fourth-order valence-corrected chi connectivity index (χ4v) is 2.96. The van der Waals surface area contributed by atoms with Crippen molar-refractivity contribution in [1.82, 2.24) is 10.2 Å². The van der Waals surface area contributed by atoms with E-state index in [4.69, 9.17) is 21.1 Å². The Hall–Kier alpha value is -3.81. The van der Waals surface area contributed by atoms with Gasteiger partial charge in [-0.2, -0.15) is 0 Å². The molecule has 0 atom stereocenters. The van der Waals surface area contributed by atoms with Crippen molar-refractivity contribution < 1.29 is 9.47 Å². The fourth-order valence-electron chi connectivity index (χ4n) is 2.78. The number of nitrogens with zero attached hydrogens (tertiary/aromatic N) is 2. The van der Waals surface area contributed by atoms with Gasteiger partial charge in [-0.3, -0.25) is 0 Å². The largest absolute Gasteiger partial charge is 0.483 e. The molecule has 4 nitrogen and oxygen atoms in total. The van der Waals surface area contributed by atoms with E-state index in [2.05, 4.69) is 41.6 Å². The van der Waals surface area contributed by atoms with Gasteiger partial charge in [0.2, 0.25) is 0 Å². The second-order valence-corrected chi connectivity index (χ2v) is 7.39. The zero-order valence-corrected chi connectivity index (χ0v) is 19.3. The van der Waals surface area contributed by atoms with Crippen molar-refractivity contribution in [2.24, 2.45) is 0 Å². The Balaban J connectivity index is 1.85. The lowest BCUT2D eigenvalue weighted by Crippen LogP contribution is -2.06. The molecule has 0 unspecified atom stereocenters. The van der Waals surface area contributed by atoms with Gasteiger partial charge in [-0.1, -0.05) is 97.8 Å². The molecule has 0 bridgehead atoms. The van der Waals surface area contributed by atoms with Crippen LogP contribution in [0.15, 0.2) is 97.1 Å². The second kappa shape index (κ2) is 12.9. The highest BCUT2D eigenvalue weighted by Crippen LogP contribution is 2.26. The molecule has 0 aliphatic carbocycles. The van der Waals surface area contributed by atoms with E-state index in [-0.39, 0.29) is 0 Å². The van der Waals surface area contributed by atoms with Crippen molar-refractivity contribution in [3.05, 3.63) is 119 Å². The highest BCUT2D eigenvalue weighted by molar-refractivity contribution is 6.31. The molecule has 0 N–H and O–H groups in total. The molecule has 1 aromatic heterocycles. The molecular formula is C28H25ClN2O2. The molecule has 0 spiro atoms. The van der Waals surface area contributed by atoms with Crippen LogP contribution in [-0.4, -0.2) is 16.8 Å². The van der Waals surface area contributed by atoms with E-state index in [9.17, 15) is 0 Å². The standard InChI is InChI=1S/C28H25ClN2O2/c1-3-5-12-22(11-4-2)20-32-27-19-25(18-17-24-15-9-10-16-26(24)29)30-31-28(27)33-21-23-13-7-6-8-14-23/h4-16,19H,2-3,20-21H2,1H3. The van der Waals surface area contributed by atoms with Gasteiger partial charge in [-0.05, 0) is 35.6 Å². The third-order valence-corrected chi connectivity index (χ3v) is 4.77. The van der Waals surface area contributed by atoms with Crippen LogP contribution in [0.25, 0.3) is 0 Å². The van der Waals surface area contributed by atoms with Gasteiger partial charge in [-0.15, -0.1) is 10.2 Å². The number of rotatable bonds is 9. The summed E-state index contributed by atoms with van der Waals surface area (Å²) in [7, 11) is 0. The maximum Gasteiger partial charge on any atom is 0.276 e. The number of allylic oxidation sites excluding steroid dienone is 3. The molecule has 33 heavy (non-hydrogen) atoms. The minimum Gasteiger partial charge on any atom is -0.483 e. The maximum absolute atomic E-state index is 6.20. The number of halogens is 1. The molecule has 166 valence electrons. The lowest BCUT2D eigenvalue weighted by Gasteiger charge is -2.12. The summed E-state index contributed by atoms with van der Waals surface area (Å²) in [5, 5.41) is 9.00. The Bertz CT molecular complexity index is 1190. The molecule has 0 saturated heterocycles. The monoisotopic (exact) mass is 456 g/mol. The van der Waals surface area contributed by atoms with Gasteiger partial charge in [0.05, 0.1) is 5.02 Å². The Kier molecular flexibility index (Phi) is 9.32. The lowest BCUT2D eigenvalue weighted by molar-refractivity contribution is 0.259. The minimum atomic E-state index is 0.305. The van der Waals surface area contributed by atoms with Crippen molar-refractivity contribution in [1.29, 1.82) is 0 Å². The van der Waals surface area contributed by atoms with Crippen LogP contribution >= 0.6 is 11.6 Å². The van der Waals surface area contributed by atoms with Gasteiger partial charge < -0.3 is 9.47 Å². The van der Waals surface area contributed by atoms with Crippen LogP contribution in [0.1, 0.15) is 30.2 Å². The van der Waals surface area contributed by atoms with Gasteiger partial charge in [0, 0.05) is 11.6 Å². The van der Waals surface area contributed by atoms with Gasteiger partial charge in [-0.25, -0.2) is 0 Å². The molecule has 2 aromatic carbocycles. The molecular weight excluding hydrogens is 432 g/mol. The molecule has 0 aliphatic heterocycles. The van der Waals surface area contributed by atoms with Crippen LogP contribution in [0.2, 0.25) is 5.02 Å². The van der Waals surface area contributed by atoms with Crippen LogP contribution in [-0.2, 0) is 6.61 Å². The van der Waals surface area contributed by atoms with Crippen molar-refractivity contribution in [2.45, 2.75) is 20.0 Å². The summed E-state index contributed by atoms with van der Waals surface area (Å²) in [4.78, 5) is 0. The van der Waals surface area contributed by atoms with Gasteiger partial charge >= 0.3 is 0 Å². The van der Waals surface area contributed by atoms with Crippen molar-refractivity contribution in [2.75, 3.05) is 6.61 Å². The summed E-state index contributed by atoms with van der Waals surface area (Å²) in [5.74, 6) is 6.80. The van der Waals surface area contributed by atoms with Crippen molar-refractivity contribution >= 4 is 11.6 Å². The van der Waals surface area contributed by atoms with E-state index >= 15 is 0 Å². The molecule has 3 rings (SSSR count). The predicted octanol–water partition coefficient (Wildman–Crippen LogP) is 6.57. The van der Waals surface area contributed by atoms with Crippen LogP contribution < -0.4 is 9.47 Å². The first-order valence-electron chi connectivity index (χ1n) is 10.6. The number of hydrogen-bond donors (Lipinski definition) is 0. The third-order valence-electron chi connectivity index (χ3n) is 4.44. The summed E-state index contributed by atoms with van der Waals surface area (Å²) >= 11 is 6.20. The van der Waals surface area contributed by atoms with E-state index < -0.39 is 0 Å². The summed E-state index contributed by atoms with van der Waals surface area (Å²) in [6, 6.07) is 19.0. The van der Waals surface area contributed by atoms with Crippen LogP contribution in [0, 0.1) is 11.8 Å². The van der Waals surface area contributed by atoms with E-state index in [0.717, 1.165) is 17.6 Å². The third kappa shape index (κ3) is 7.68. The molecule has 0 fully saturated rings. The summed E-state index contributed by atoms with van der Waals surface area (Å²) in [6.07, 6.45) is 8.65. The van der Waals surface area contributed by atoms with Crippen LogP contribution in [0.4, 0.5) is 0 Å². The molecule has 0 radical (unpaired) electrons. The maximum atomic E-state index is 6.20. The SMILES string of the molecule is C=CC=C(C=CCC)COc1cc(C#Cc2ccccc2Cl)nnc1OCc1ccccc1. The number of ether oxygens (including phenoxy) is 2. The van der Waals surface area contributed by atoms with Crippen molar-refractivity contribution in [3.8, 4) is 23.5 Å². The summed E-state index contributed by atoms with van der Waals surface area (Å²) in [6.45, 7) is 6.53. The van der Waals surface area contributed by atoms with Gasteiger partial charge in [0.15, 0.2) is 5.75 Å². The molecule has 0 saturated carbocycles. The normalized spacial score (nSPS) is 11.0. The molecule has 3 aromatic rings. The average Bonchev–Trinajstić information content (AvgIpc) is 2.85. The number of benzene rings is 2. The smallest absolute Gasteiger partial charge is 0.276 e. The number of hydrogen-bond acceptors (Lipinski definition) is 4. The minimum absolute atomic E-state index is 0.305. The second-order valence-electron chi connectivity index (χ2n) is 6.98. The quantitative estimate of drug-likeness (QED) is 0.270.